The number of carbonyl (C=O) groups is 1. The number of carbonyl (C=O) groups excluding carboxylic acids is 1. The van der Waals surface area contributed by atoms with Crippen molar-refractivity contribution in [1.82, 2.24) is 10.4 Å². The molecule has 6 nitrogen and oxygen atoms in total. The Balaban J connectivity index is 0.000000640. The Morgan fingerprint density at radius 1 is 1.04 bits per heavy atom. The van der Waals surface area contributed by atoms with Gasteiger partial charge in [-0.1, -0.05) is 42.5 Å². The summed E-state index contributed by atoms with van der Waals surface area (Å²) < 4.78 is 5.94. The van der Waals surface area contributed by atoms with E-state index < -0.39 is 0 Å². The number of pyridine rings is 1. The minimum atomic E-state index is 0.403. The van der Waals surface area contributed by atoms with Gasteiger partial charge in [0.05, 0.1) is 0 Å². The van der Waals surface area contributed by atoms with Gasteiger partial charge in [0, 0.05) is 35.6 Å². The molecule has 0 aliphatic heterocycles. The van der Waals surface area contributed by atoms with Gasteiger partial charge in [0.25, 0.3) is 0 Å². The molecule has 0 bridgehead atoms. The van der Waals surface area contributed by atoms with Gasteiger partial charge in [-0.25, -0.2) is 10.8 Å². The number of hydrazine groups is 1. The summed E-state index contributed by atoms with van der Waals surface area (Å²) in [6, 6.07) is 20.5. The maximum Gasteiger partial charge on any atom is 0.221 e. The Morgan fingerprint density at radius 3 is 2.36 bits per heavy atom. The molecule has 1 aromatic heterocycles. The lowest BCUT2D eigenvalue weighted by Crippen LogP contribution is -2.18. The molecule has 1 amide bonds. The Morgan fingerprint density at radius 2 is 1.75 bits per heavy atom. The number of benzene rings is 2. The Hall–Kier alpha value is -3.38. The number of ether oxygens (including phenoxy) is 1. The first-order valence-corrected chi connectivity index (χ1v) is 8.92. The van der Waals surface area contributed by atoms with Crippen LogP contribution in [0.4, 0.5) is 5.69 Å². The van der Waals surface area contributed by atoms with Gasteiger partial charge in [0.1, 0.15) is 6.61 Å². The fourth-order valence-corrected chi connectivity index (χ4v) is 2.82. The van der Waals surface area contributed by atoms with Crippen LogP contribution in [0.5, 0.6) is 5.88 Å². The van der Waals surface area contributed by atoms with Crippen molar-refractivity contribution in [3.8, 4) is 17.0 Å². The molecule has 0 radical (unpaired) electrons. The van der Waals surface area contributed by atoms with Crippen LogP contribution < -0.4 is 21.3 Å². The van der Waals surface area contributed by atoms with E-state index in [-0.39, 0.29) is 0 Å². The second-order valence-corrected chi connectivity index (χ2v) is 6.07. The van der Waals surface area contributed by atoms with Gasteiger partial charge in [-0.3, -0.25) is 10.2 Å². The van der Waals surface area contributed by atoms with Crippen molar-refractivity contribution < 1.29 is 9.53 Å². The zero-order valence-electron chi connectivity index (χ0n) is 16.4. The minimum Gasteiger partial charge on any atom is -0.473 e. The zero-order valence-corrected chi connectivity index (χ0v) is 16.4. The molecule has 0 atom stereocenters. The summed E-state index contributed by atoms with van der Waals surface area (Å²) in [5.41, 5.74) is 8.48. The van der Waals surface area contributed by atoms with Crippen molar-refractivity contribution >= 4 is 12.1 Å². The Bertz CT molecular complexity index is 898. The Labute approximate surface area is 165 Å². The van der Waals surface area contributed by atoms with Crippen molar-refractivity contribution in [2.45, 2.75) is 20.5 Å². The van der Waals surface area contributed by atoms with Gasteiger partial charge in [0.15, 0.2) is 0 Å². The third-order valence-corrected chi connectivity index (χ3v) is 4.26. The number of nitrogens with one attached hydrogen (secondary N) is 2. The summed E-state index contributed by atoms with van der Waals surface area (Å²) in [5, 5.41) is 3.21. The van der Waals surface area contributed by atoms with E-state index in [0.717, 1.165) is 22.5 Å². The molecule has 146 valence electrons. The molecular weight excluding hydrogens is 352 g/mol. The number of amides is 1. The quantitative estimate of drug-likeness (QED) is 0.264. The number of anilines is 1. The van der Waals surface area contributed by atoms with Gasteiger partial charge in [-0.15, -0.1) is 0 Å². The molecular formula is C22H26N4O2. The molecule has 6 heteroatoms. The first kappa shape index (κ1) is 20.9. The fraction of sp³-hybridized carbons (Fsp3) is 0.182. The number of nitrogens with two attached hydrogens (primary N) is 1. The Kier molecular flexibility index (Phi) is 7.99. The van der Waals surface area contributed by atoms with Crippen molar-refractivity contribution in [3.05, 3.63) is 77.5 Å². The highest BCUT2D eigenvalue weighted by Crippen LogP contribution is 2.25. The maximum absolute atomic E-state index is 8.94. The average Bonchev–Trinajstić information content (AvgIpc) is 2.73. The van der Waals surface area contributed by atoms with Gasteiger partial charge in [0.2, 0.25) is 12.3 Å². The lowest BCUT2D eigenvalue weighted by molar-refractivity contribution is -0.109. The van der Waals surface area contributed by atoms with Gasteiger partial charge < -0.3 is 10.1 Å². The average molecular weight is 378 g/mol. The first-order valence-electron chi connectivity index (χ1n) is 8.92. The van der Waals surface area contributed by atoms with Crippen molar-refractivity contribution in [1.29, 1.82) is 0 Å². The predicted molar refractivity (Wildman–Crippen MR) is 113 cm³/mol. The van der Waals surface area contributed by atoms with Gasteiger partial charge >= 0.3 is 0 Å². The third kappa shape index (κ3) is 5.56. The summed E-state index contributed by atoms with van der Waals surface area (Å²) in [6.07, 6.45) is 0.403. The maximum atomic E-state index is 8.94. The molecule has 0 saturated carbocycles. The van der Waals surface area contributed by atoms with Crippen LogP contribution in [0.25, 0.3) is 11.1 Å². The number of rotatable bonds is 6. The van der Waals surface area contributed by atoms with Crippen LogP contribution in [0.3, 0.4) is 0 Å². The molecule has 0 fully saturated rings. The number of nitrogens with zero attached hydrogens (tertiary/aromatic N) is 1. The monoisotopic (exact) mass is 378 g/mol. The molecule has 0 aliphatic carbocycles. The SMILES string of the molecule is CNc1cccc(C)c1COc1ccc(-c2ccccc2)c(C)n1.NNC=O. The van der Waals surface area contributed by atoms with Crippen LogP contribution in [0.1, 0.15) is 16.8 Å². The van der Waals surface area contributed by atoms with Crippen molar-refractivity contribution in [2.24, 2.45) is 5.84 Å². The first-order chi connectivity index (χ1) is 13.6. The number of aromatic nitrogens is 1. The van der Waals surface area contributed by atoms with E-state index in [0.29, 0.717) is 18.9 Å². The van der Waals surface area contributed by atoms with E-state index >= 15 is 0 Å². The minimum absolute atomic E-state index is 0.403. The van der Waals surface area contributed by atoms with E-state index in [1.54, 1.807) is 5.43 Å². The van der Waals surface area contributed by atoms with E-state index in [2.05, 4.69) is 53.4 Å². The predicted octanol–water partition coefficient (Wildman–Crippen LogP) is 3.59. The summed E-state index contributed by atoms with van der Waals surface area (Å²) >= 11 is 0. The summed E-state index contributed by atoms with van der Waals surface area (Å²) in [4.78, 5) is 13.5. The molecule has 4 N–H and O–H groups in total. The second kappa shape index (κ2) is 10.7. The highest BCUT2D eigenvalue weighted by molar-refractivity contribution is 5.65. The fourth-order valence-electron chi connectivity index (χ4n) is 2.82. The standard InChI is InChI=1S/C21H22N2O.CH4N2O/c1-15-8-7-11-20(22-3)19(15)14-24-21-13-12-18(16(2)23-21)17-9-5-4-6-10-17;2-3-1-4/h4-13,22H,14H2,1-3H3;1H,2H2,(H,3,4). The molecule has 0 aliphatic rings. The van der Waals surface area contributed by atoms with Crippen LogP contribution in [0, 0.1) is 13.8 Å². The van der Waals surface area contributed by atoms with Crippen LogP contribution in [-0.4, -0.2) is 18.4 Å². The summed E-state index contributed by atoms with van der Waals surface area (Å²) in [5.74, 6) is 5.06. The molecule has 2 aromatic carbocycles. The highest BCUT2D eigenvalue weighted by atomic mass is 16.5. The molecule has 3 rings (SSSR count). The molecule has 28 heavy (non-hydrogen) atoms. The molecule has 0 spiro atoms. The van der Waals surface area contributed by atoms with E-state index in [4.69, 9.17) is 9.53 Å². The van der Waals surface area contributed by atoms with Crippen molar-refractivity contribution in [2.75, 3.05) is 12.4 Å². The smallest absolute Gasteiger partial charge is 0.221 e. The number of aryl methyl sites for hydroxylation is 2. The van der Waals surface area contributed by atoms with Gasteiger partial charge in [-0.2, -0.15) is 0 Å². The molecule has 0 saturated heterocycles. The van der Waals surface area contributed by atoms with Crippen molar-refractivity contribution in [3.63, 3.8) is 0 Å². The van der Waals surface area contributed by atoms with Crippen LogP contribution in [0.15, 0.2) is 60.7 Å². The van der Waals surface area contributed by atoms with Gasteiger partial charge in [-0.05, 0) is 37.1 Å². The number of hydrogen-bond donors (Lipinski definition) is 3. The van der Waals surface area contributed by atoms with E-state index in [1.807, 2.05) is 44.3 Å². The second-order valence-electron chi connectivity index (χ2n) is 6.07. The molecule has 0 unspecified atom stereocenters. The van der Waals surface area contributed by atoms with Crippen LogP contribution in [-0.2, 0) is 11.4 Å². The largest absolute Gasteiger partial charge is 0.473 e. The lowest BCUT2D eigenvalue weighted by atomic mass is 10.0. The van der Waals surface area contributed by atoms with E-state index in [9.17, 15) is 0 Å². The highest BCUT2D eigenvalue weighted by Gasteiger charge is 2.08. The molecule has 1 heterocycles. The third-order valence-electron chi connectivity index (χ3n) is 4.26. The van der Waals surface area contributed by atoms with Crippen LogP contribution >= 0.6 is 0 Å². The molecule has 3 aromatic rings. The summed E-state index contributed by atoms with van der Waals surface area (Å²) in [7, 11) is 1.93. The topological polar surface area (TPSA) is 89.3 Å². The van der Waals surface area contributed by atoms with E-state index in [1.165, 1.54) is 11.1 Å². The van der Waals surface area contributed by atoms with Crippen LogP contribution in [0.2, 0.25) is 0 Å². The summed E-state index contributed by atoms with van der Waals surface area (Å²) in [6.45, 7) is 4.61. The normalized spacial score (nSPS) is 9.71. The lowest BCUT2D eigenvalue weighted by Gasteiger charge is -2.14. The number of hydrogen-bond acceptors (Lipinski definition) is 5. The zero-order chi connectivity index (χ0) is 20.4.